The maximum atomic E-state index is 12.3. The standard InChI is InChI=1S/C20H22N2O3/c23-18(8-9-19(24)22-10-12-25-13-11-22)21-17-7-6-15-5-4-14-2-1-3-16(17)20(14)15/h1-3,6-7H,4-5,8-13H2,(H,21,23). The summed E-state index contributed by atoms with van der Waals surface area (Å²) in [6, 6.07) is 10.3. The molecule has 5 heteroatoms. The van der Waals surface area contributed by atoms with Crippen molar-refractivity contribution in [2.75, 3.05) is 31.6 Å². The molecule has 1 fully saturated rings. The van der Waals surface area contributed by atoms with Gasteiger partial charge in [-0.2, -0.15) is 0 Å². The number of nitrogens with one attached hydrogen (secondary N) is 1. The molecule has 1 aliphatic heterocycles. The predicted molar refractivity (Wildman–Crippen MR) is 96.6 cm³/mol. The fraction of sp³-hybridized carbons (Fsp3) is 0.400. The summed E-state index contributed by atoms with van der Waals surface area (Å²) in [6.07, 6.45) is 2.59. The van der Waals surface area contributed by atoms with Crippen molar-refractivity contribution in [1.29, 1.82) is 0 Å². The second-order valence-corrected chi connectivity index (χ2v) is 6.65. The van der Waals surface area contributed by atoms with Crippen LogP contribution in [0.5, 0.6) is 0 Å². The second kappa shape index (κ2) is 6.84. The lowest BCUT2D eigenvalue weighted by Gasteiger charge is -2.26. The van der Waals surface area contributed by atoms with Crippen molar-refractivity contribution >= 4 is 28.3 Å². The molecule has 0 radical (unpaired) electrons. The Kier molecular flexibility index (Phi) is 4.40. The third-order valence-electron chi connectivity index (χ3n) is 5.08. The molecule has 5 nitrogen and oxygen atoms in total. The Bertz CT molecular complexity index is 815. The molecular formula is C20H22N2O3. The van der Waals surface area contributed by atoms with E-state index in [1.807, 2.05) is 12.1 Å². The van der Waals surface area contributed by atoms with Gasteiger partial charge in [-0.1, -0.05) is 24.3 Å². The van der Waals surface area contributed by atoms with Gasteiger partial charge in [-0.15, -0.1) is 0 Å². The van der Waals surface area contributed by atoms with Gasteiger partial charge < -0.3 is 15.0 Å². The number of nitrogens with zero attached hydrogens (tertiary/aromatic N) is 1. The Morgan fingerprint density at radius 1 is 1.00 bits per heavy atom. The normalized spacial score (nSPS) is 16.2. The summed E-state index contributed by atoms with van der Waals surface area (Å²) in [5, 5.41) is 5.37. The van der Waals surface area contributed by atoms with Crippen LogP contribution in [0.4, 0.5) is 5.69 Å². The van der Waals surface area contributed by atoms with Crippen molar-refractivity contribution in [3.05, 3.63) is 41.5 Å². The highest BCUT2D eigenvalue weighted by molar-refractivity contribution is 6.05. The maximum Gasteiger partial charge on any atom is 0.224 e. The molecule has 0 bridgehead atoms. The lowest BCUT2D eigenvalue weighted by Crippen LogP contribution is -2.40. The molecular weight excluding hydrogens is 316 g/mol. The fourth-order valence-electron chi connectivity index (χ4n) is 3.76. The lowest BCUT2D eigenvalue weighted by atomic mass is 10.0. The Balaban J connectivity index is 1.42. The first-order chi connectivity index (χ1) is 12.2. The van der Waals surface area contributed by atoms with Crippen LogP contribution in [0.3, 0.4) is 0 Å². The Labute approximate surface area is 146 Å². The first kappa shape index (κ1) is 16.1. The zero-order valence-electron chi connectivity index (χ0n) is 14.2. The van der Waals surface area contributed by atoms with Crippen LogP contribution in [0.1, 0.15) is 24.0 Å². The van der Waals surface area contributed by atoms with E-state index < -0.39 is 0 Å². The van der Waals surface area contributed by atoms with Crippen LogP contribution < -0.4 is 5.32 Å². The van der Waals surface area contributed by atoms with Gasteiger partial charge in [-0.05, 0) is 35.4 Å². The molecule has 0 atom stereocenters. The number of aryl methyl sites for hydroxylation is 2. The highest BCUT2D eigenvalue weighted by atomic mass is 16.5. The van der Waals surface area contributed by atoms with Crippen molar-refractivity contribution in [3.8, 4) is 0 Å². The molecule has 2 amide bonds. The minimum Gasteiger partial charge on any atom is -0.378 e. The molecule has 0 aromatic heterocycles. The van der Waals surface area contributed by atoms with Gasteiger partial charge in [0.05, 0.1) is 13.2 Å². The van der Waals surface area contributed by atoms with Crippen LogP contribution >= 0.6 is 0 Å². The van der Waals surface area contributed by atoms with Gasteiger partial charge in [0, 0.05) is 37.0 Å². The number of anilines is 1. The number of carbonyl (C=O) groups excluding carboxylic acids is 2. The average Bonchev–Trinajstić information content (AvgIpc) is 3.07. The minimum absolute atomic E-state index is 0.0267. The highest BCUT2D eigenvalue weighted by Gasteiger charge is 2.19. The van der Waals surface area contributed by atoms with E-state index in [2.05, 4.69) is 23.5 Å². The summed E-state index contributed by atoms with van der Waals surface area (Å²) in [7, 11) is 0. The van der Waals surface area contributed by atoms with E-state index in [0.717, 1.165) is 23.9 Å². The summed E-state index contributed by atoms with van der Waals surface area (Å²) in [5.74, 6) is -0.0841. The van der Waals surface area contributed by atoms with E-state index in [9.17, 15) is 9.59 Å². The number of hydrogen-bond donors (Lipinski definition) is 1. The van der Waals surface area contributed by atoms with E-state index in [4.69, 9.17) is 4.74 Å². The first-order valence-electron chi connectivity index (χ1n) is 8.91. The maximum absolute atomic E-state index is 12.3. The quantitative estimate of drug-likeness (QED) is 0.932. The second-order valence-electron chi connectivity index (χ2n) is 6.65. The predicted octanol–water partition coefficient (Wildman–Crippen LogP) is 2.52. The molecule has 1 aliphatic carbocycles. The van der Waals surface area contributed by atoms with Crippen molar-refractivity contribution in [2.45, 2.75) is 25.7 Å². The molecule has 25 heavy (non-hydrogen) atoms. The molecule has 1 N–H and O–H groups in total. The summed E-state index contributed by atoms with van der Waals surface area (Å²) in [5.41, 5.74) is 3.54. The summed E-state index contributed by atoms with van der Waals surface area (Å²) >= 11 is 0. The third-order valence-corrected chi connectivity index (χ3v) is 5.08. The van der Waals surface area contributed by atoms with Gasteiger partial charge >= 0.3 is 0 Å². The van der Waals surface area contributed by atoms with Crippen molar-refractivity contribution < 1.29 is 14.3 Å². The van der Waals surface area contributed by atoms with Crippen LogP contribution in [0.25, 0.3) is 10.8 Å². The number of benzene rings is 2. The third kappa shape index (κ3) is 3.24. The summed E-state index contributed by atoms with van der Waals surface area (Å²) < 4.78 is 5.25. The van der Waals surface area contributed by atoms with E-state index >= 15 is 0 Å². The van der Waals surface area contributed by atoms with Crippen LogP contribution in [0.15, 0.2) is 30.3 Å². The number of carbonyl (C=O) groups is 2. The fourth-order valence-corrected chi connectivity index (χ4v) is 3.76. The molecule has 2 aromatic carbocycles. The topological polar surface area (TPSA) is 58.6 Å². The molecule has 1 saturated heterocycles. The van der Waals surface area contributed by atoms with Gasteiger partial charge in [0.25, 0.3) is 0 Å². The van der Waals surface area contributed by atoms with E-state index in [0.29, 0.717) is 26.3 Å². The zero-order chi connectivity index (χ0) is 17.2. The molecule has 0 saturated carbocycles. The average molecular weight is 338 g/mol. The van der Waals surface area contributed by atoms with Gasteiger partial charge in [0.2, 0.25) is 11.8 Å². The Morgan fingerprint density at radius 3 is 2.56 bits per heavy atom. The van der Waals surface area contributed by atoms with Crippen LogP contribution in [0, 0.1) is 0 Å². The van der Waals surface area contributed by atoms with Crippen molar-refractivity contribution in [3.63, 3.8) is 0 Å². The molecule has 0 unspecified atom stereocenters. The van der Waals surface area contributed by atoms with Crippen molar-refractivity contribution in [2.24, 2.45) is 0 Å². The number of rotatable bonds is 4. The van der Waals surface area contributed by atoms with Crippen LogP contribution in [-0.4, -0.2) is 43.0 Å². The van der Waals surface area contributed by atoms with Gasteiger partial charge in [0.15, 0.2) is 0 Å². The number of amides is 2. The molecule has 2 aromatic rings. The summed E-state index contributed by atoms with van der Waals surface area (Å²) in [6.45, 7) is 2.40. The molecule has 0 spiro atoms. The van der Waals surface area contributed by atoms with E-state index in [1.165, 1.54) is 16.5 Å². The minimum atomic E-state index is -0.111. The monoisotopic (exact) mass is 338 g/mol. The molecule has 1 heterocycles. The van der Waals surface area contributed by atoms with E-state index in [1.54, 1.807) is 4.90 Å². The van der Waals surface area contributed by atoms with Crippen molar-refractivity contribution in [1.82, 2.24) is 4.90 Å². The van der Waals surface area contributed by atoms with Crippen LogP contribution in [0.2, 0.25) is 0 Å². The zero-order valence-corrected chi connectivity index (χ0v) is 14.2. The number of ether oxygens (including phenoxy) is 1. The smallest absolute Gasteiger partial charge is 0.224 e. The number of hydrogen-bond acceptors (Lipinski definition) is 3. The van der Waals surface area contributed by atoms with Gasteiger partial charge in [-0.3, -0.25) is 9.59 Å². The lowest BCUT2D eigenvalue weighted by molar-refractivity contribution is -0.136. The van der Waals surface area contributed by atoms with Gasteiger partial charge in [-0.25, -0.2) is 0 Å². The first-order valence-corrected chi connectivity index (χ1v) is 8.91. The molecule has 2 aliphatic rings. The molecule has 4 rings (SSSR count). The van der Waals surface area contributed by atoms with Gasteiger partial charge in [0.1, 0.15) is 0 Å². The Hall–Kier alpha value is -2.40. The van der Waals surface area contributed by atoms with E-state index in [-0.39, 0.29) is 24.7 Å². The SMILES string of the molecule is O=C(CCC(=O)N1CCOCC1)Nc1ccc2c3c(cccc13)CC2. The largest absolute Gasteiger partial charge is 0.378 e. The van der Waals surface area contributed by atoms with Crippen LogP contribution in [-0.2, 0) is 27.2 Å². The summed E-state index contributed by atoms with van der Waals surface area (Å²) in [4.78, 5) is 26.3. The Morgan fingerprint density at radius 2 is 1.76 bits per heavy atom. The molecule has 130 valence electrons. The highest BCUT2D eigenvalue weighted by Crippen LogP contribution is 2.35. The number of morpholine rings is 1.